The number of hydrogen-bond acceptors (Lipinski definition) is 2. The van der Waals surface area contributed by atoms with E-state index < -0.39 is 0 Å². The number of nitrogens with zero attached hydrogens (tertiary/aromatic N) is 2. The molecule has 4 aromatic carbocycles. The quantitative estimate of drug-likeness (QED) is 0.301. The molecule has 0 unspecified atom stereocenters. The van der Waals surface area contributed by atoms with Crippen molar-refractivity contribution in [1.29, 1.82) is 0 Å². The molecule has 0 saturated heterocycles. The van der Waals surface area contributed by atoms with Crippen LogP contribution in [0.15, 0.2) is 109 Å². The van der Waals surface area contributed by atoms with E-state index in [1.807, 2.05) is 18.2 Å². The Hall–Kier alpha value is -4.04. The number of aromatic nitrogens is 2. The summed E-state index contributed by atoms with van der Waals surface area (Å²) in [4.78, 5) is 9.92. The van der Waals surface area contributed by atoms with Crippen molar-refractivity contribution in [2.24, 2.45) is 0 Å². The van der Waals surface area contributed by atoms with Crippen molar-refractivity contribution in [3.8, 4) is 45.0 Å². The van der Waals surface area contributed by atoms with E-state index >= 15 is 0 Å². The van der Waals surface area contributed by atoms with Crippen LogP contribution in [0.25, 0.3) is 45.0 Å². The second-order valence-electron chi connectivity index (χ2n) is 8.14. The smallest absolute Gasteiger partial charge is 0.160 e. The number of rotatable bonds is 4. The largest absolute Gasteiger partial charge is 0.228 e. The number of hydrogen-bond donors (Lipinski definition) is 0. The molecule has 0 spiro atoms. The van der Waals surface area contributed by atoms with Gasteiger partial charge in [0, 0.05) is 16.7 Å². The van der Waals surface area contributed by atoms with Crippen molar-refractivity contribution in [3.05, 3.63) is 120 Å². The van der Waals surface area contributed by atoms with Crippen LogP contribution in [0.1, 0.15) is 11.1 Å². The fraction of sp³-hybridized carbons (Fsp3) is 0.0667. The zero-order valence-corrected chi connectivity index (χ0v) is 18.3. The predicted molar refractivity (Wildman–Crippen MR) is 133 cm³/mol. The fourth-order valence-corrected chi connectivity index (χ4v) is 3.79. The van der Waals surface area contributed by atoms with Gasteiger partial charge in [-0.25, -0.2) is 9.97 Å². The Balaban J connectivity index is 1.65. The van der Waals surface area contributed by atoms with E-state index in [1.165, 1.54) is 16.7 Å². The van der Waals surface area contributed by atoms with Gasteiger partial charge in [0.25, 0.3) is 0 Å². The zero-order valence-electron chi connectivity index (χ0n) is 18.3. The van der Waals surface area contributed by atoms with Gasteiger partial charge in [-0.15, -0.1) is 0 Å². The van der Waals surface area contributed by atoms with Crippen LogP contribution in [-0.4, -0.2) is 9.97 Å². The van der Waals surface area contributed by atoms with Crippen LogP contribution < -0.4 is 0 Å². The molecule has 2 heteroatoms. The Morgan fingerprint density at radius 1 is 0.406 bits per heavy atom. The molecule has 154 valence electrons. The van der Waals surface area contributed by atoms with Crippen LogP contribution in [0, 0.1) is 13.8 Å². The van der Waals surface area contributed by atoms with Gasteiger partial charge in [0.1, 0.15) is 0 Å². The highest BCUT2D eigenvalue weighted by molar-refractivity contribution is 5.74. The zero-order chi connectivity index (χ0) is 21.9. The van der Waals surface area contributed by atoms with Crippen molar-refractivity contribution >= 4 is 0 Å². The van der Waals surface area contributed by atoms with Crippen LogP contribution in [0.4, 0.5) is 0 Å². The van der Waals surface area contributed by atoms with Gasteiger partial charge in [-0.1, -0.05) is 108 Å². The van der Waals surface area contributed by atoms with E-state index in [-0.39, 0.29) is 0 Å². The van der Waals surface area contributed by atoms with Crippen LogP contribution in [-0.2, 0) is 0 Å². The molecule has 0 atom stereocenters. The minimum absolute atomic E-state index is 0.732. The van der Waals surface area contributed by atoms with E-state index in [4.69, 9.17) is 9.97 Å². The first-order valence-electron chi connectivity index (χ1n) is 10.8. The predicted octanol–water partition coefficient (Wildman–Crippen LogP) is 7.76. The summed E-state index contributed by atoms with van der Waals surface area (Å²) in [5, 5.41) is 0. The molecule has 0 radical (unpaired) electrons. The molecule has 2 nitrogen and oxygen atoms in total. The Labute approximate surface area is 189 Å². The third-order valence-corrected chi connectivity index (χ3v) is 5.65. The Kier molecular flexibility index (Phi) is 5.35. The Morgan fingerprint density at radius 3 is 1.53 bits per heavy atom. The van der Waals surface area contributed by atoms with Gasteiger partial charge < -0.3 is 0 Å². The monoisotopic (exact) mass is 412 g/mol. The normalized spacial score (nSPS) is 10.8. The van der Waals surface area contributed by atoms with Crippen molar-refractivity contribution in [1.82, 2.24) is 9.97 Å². The molecule has 1 aromatic heterocycles. The summed E-state index contributed by atoms with van der Waals surface area (Å²) in [6.45, 7) is 4.21. The lowest BCUT2D eigenvalue weighted by atomic mass is 10.0. The topological polar surface area (TPSA) is 25.8 Å². The van der Waals surface area contributed by atoms with Crippen LogP contribution in [0.2, 0.25) is 0 Å². The summed E-state index contributed by atoms with van der Waals surface area (Å²) >= 11 is 0. The molecular weight excluding hydrogens is 388 g/mol. The molecule has 0 aliphatic carbocycles. The second kappa shape index (κ2) is 8.60. The lowest BCUT2D eigenvalue weighted by molar-refractivity contribution is 1.18. The molecule has 0 saturated carbocycles. The average Bonchev–Trinajstić information content (AvgIpc) is 2.85. The lowest BCUT2D eigenvalue weighted by Crippen LogP contribution is -1.96. The first-order chi connectivity index (χ1) is 15.7. The van der Waals surface area contributed by atoms with Crippen molar-refractivity contribution in [2.45, 2.75) is 13.8 Å². The minimum atomic E-state index is 0.732. The van der Waals surface area contributed by atoms with Gasteiger partial charge >= 0.3 is 0 Å². The molecule has 0 N–H and O–H groups in total. The third kappa shape index (κ3) is 4.21. The minimum Gasteiger partial charge on any atom is -0.228 e. The fourth-order valence-electron chi connectivity index (χ4n) is 3.79. The second-order valence-corrected chi connectivity index (χ2v) is 8.14. The molecule has 0 aliphatic rings. The average molecular weight is 413 g/mol. The van der Waals surface area contributed by atoms with Gasteiger partial charge in [-0.3, -0.25) is 0 Å². The summed E-state index contributed by atoms with van der Waals surface area (Å²) in [5.74, 6) is 0.732. The van der Waals surface area contributed by atoms with E-state index in [9.17, 15) is 0 Å². The third-order valence-electron chi connectivity index (χ3n) is 5.65. The highest BCUT2D eigenvalue weighted by Crippen LogP contribution is 2.30. The summed E-state index contributed by atoms with van der Waals surface area (Å²) in [7, 11) is 0. The van der Waals surface area contributed by atoms with E-state index in [0.29, 0.717) is 0 Å². The maximum absolute atomic E-state index is 4.97. The van der Waals surface area contributed by atoms with E-state index in [0.717, 1.165) is 39.5 Å². The summed E-state index contributed by atoms with van der Waals surface area (Å²) in [5.41, 5.74) is 9.87. The summed E-state index contributed by atoms with van der Waals surface area (Å²) in [6, 6.07) is 37.9. The molecule has 0 fully saturated rings. The Morgan fingerprint density at radius 2 is 0.906 bits per heavy atom. The standard InChI is InChI=1S/C30H24N2/c1-21-11-15-23(16-12-21)26-9-6-10-27(19-26)30-31-28(24-7-4-3-5-8-24)20-29(32-30)25-17-13-22(2)14-18-25/h3-20H,1-2H3. The summed E-state index contributed by atoms with van der Waals surface area (Å²) in [6.07, 6.45) is 0. The van der Waals surface area contributed by atoms with Crippen LogP contribution >= 0.6 is 0 Å². The van der Waals surface area contributed by atoms with Crippen molar-refractivity contribution in [3.63, 3.8) is 0 Å². The summed E-state index contributed by atoms with van der Waals surface area (Å²) < 4.78 is 0. The molecule has 0 aliphatic heterocycles. The van der Waals surface area contributed by atoms with Gasteiger partial charge in [0.05, 0.1) is 11.4 Å². The molecule has 0 bridgehead atoms. The maximum Gasteiger partial charge on any atom is 0.160 e. The SMILES string of the molecule is Cc1ccc(-c2cccc(-c3nc(-c4ccccc4)cc(-c4ccc(C)cc4)n3)c2)cc1. The van der Waals surface area contributed by atoms with E-state index in [1.54, 1.807) is 0 Å². The number of aryl methyl sites for hydroxylation is 2. The molecule has 32 heavy (non-hydrogen) atoms. The highest BCUT2D eigenvalue weighted by atomic mass is 14.9. The molecule has 5 rings (SSSR count). The Bertz CT molecular complexity index is 1350. The van der Waals surface area contributed by atoms with Crippen molar-refractivity contribution < 1.29 is 0 Å². The van der Waals surface area contributed by atoms with Gasteiger partial charge in [0.2, 0.25) is 0 Å². The molecule has 1 heterocycles. The number of benzene rings is 4. The highest BCUT2D eigenvalue weighted by Gasteiger charge is 2.11. The van der Waals surface area contributed by atoms with Gasteiger partial charge in [-0.05, 0) is 37.1 Å². The van der Waals surface area contributed by atoms with Crippen LogP contribution in [0.3, 0.4) is 0 Å². The van der Waals surface area contributed by atoms with Gasteiger partial charge in [-0.2, -0.15) is 0 Å². The lowest BCUT2D eigenvalue weighted by Gasteiger charge is -2.11. The maximum atomic E-state index is 4.97. The van der Waals surface area contributed by atoms with Gasteiger partial charge in [0.15, 0.2) is 5.82 Å². The van der Waals surface area contributed by atoms with E-state index in [2.05, 4.69) is 105 Å². The molecule has 5 aromatic rings. The van der Waals surface area contributed by atoms with Crippen LogP contribution in [0.5, 0.6) is 0 Å². The molecular formula is C30H24N2. The first-order valence-corrected chi connectivity index (χ1v) is 10.8. The first kappa shape index (κ1) is 19.9. The van der Waals surface area contributed by atoms with Crippen molar-refractivity contribution in [2.75, 3.05) is 0 Å². The molecule has 0 amide bonds.